The minimum absolute atomic E-state index is 0. The van der Waals surface area contributed by atoms with Crippen molar-refractivity contribution in [2.45, 2.75) is 27.7 Å². The van der Waals surface area contributed by atoms with Gasteiger partial charge in [-0.05, 0) is 24.6 Å². The number of carbonyl (C=O) groups excluding carboxylic acids is 1. The molecule has 0 fully saturated rings. The van der Waals surface area contributed by atoms with Crippen molar-refractivity contribution in [1.29, 1.82) is 0 Å². The molecule has 1 amide bonds. The molecule has 15 heavy (non-hydrogen) atoms. The third-order valence-electron chi connectivity index (χ3n) is 2.41. The van der Waals surface area contributed by atoms with Crippen LogP contribution in [-0.4, -0.2) is 17.9 Å². The van der Waals surface area contributed by atoms with Crippen molar-refractivity contribution in [3.63, 3.8) is 0 Å². The number of likely N-dealkylation sites (N-methyl/N-ethyl adjacent to an activating group) is 1. The van der Waals surface area contributed by atoms with Gasteiger partial charge in [0.05, 0.1) is 0 Å². The van der Waals surface area contributed by atoms with Crippen LogP contribution in [0.4, 0.5) is 0 Å². The summed E-state index contributed by atoms with van der Waals surface area (Å²) in [5, 5.41) is 3.19. The van der Waals surface area contributed by atoms with Crippen molar-refractivity contribution < 1.29 is 63.0 Å². The van der Waals surface area contributed by atoms with Crippen LogP contribution in [0.3, 0.4) is 0 Å². The van der Waals surface area contributed by atoms with Crippen LogP contribution >= 0.6 is 0 Å². The zero-order chi connectivity index (χ0) is 10.9. The Balaban J connectivity index is 0.00000196. The molecular weight excluding hydrogens is 262 g/mol. The van der Waals surface area contributed by atoms with Crippen LogP contribution in [0.25, 0.3) is 0 Å². The maximum atomic E-state index is 11.9. The molecule has 0 saturated heterocycles. The van der Waals surface area contributed by atoms with Crippen molar-refractivity contribution in [2.75, 3.05) is 7.05 Å². The summed E-state index contributed by atoms with van der Waals surface area (Å²) in [6, 6.07) is 0. The summed E-state index contributed by atoms with van der Waals surface area (Å²) in [7, 11) is 1.77. The molecule has 80 valence electrons. The second-order valence-electron chi connectivity index (χ2n) is 4.33. The van der Waals surface area contributed by atoms with Crippen LogP contribution in [0.2, 0.25) is 0 Å². The second kappa shape index (κ2) is 6.53. The number of nitrogens with zero attached hydrogens (tertiary/aromatic N) is 1. The largest absolute Gasteiger partial charge is 1.00 e. The van der Waals surface area contributed by atoms with Crippen LogP contribution in [0.15, 0.2) is 11.3 Å². The summed E-state index contributed by atoms with van der Waals surface area (Å²) in [5.74, 6) is 0.743. The maximum Gasteiger partial charge on any atom is 1.00 e. The second-order valence-corrected chi connectivity index (χ2v) is 4.33. The van der Waals surface area contributed by atoms with Crippen molar-refractivity contribution in [2.24, 2.45) is 11.8 Å². The molecule has 1 aliphatic rings. The van der Waals surface area contributed by atoms with Gasteiger partial charge in [-0.3, -0.25) is 4.79 Å². The molecule has 0 unspecified atom stereocenters. The van der Waals surface area contributed by atoms with Crippen molar-refractivity contribution in [3.8, 4) is 0 Å². The van der Waals surface area contributed by atoms with Gasteiger partial charge in [0.15, 0.2) is 0 Å². The number of hydrogen-bond acceptors (Lipinski definition) is 2. The quantitative estimate of drug-likeness (QED) is 0.641. The van der Waals surface area contributed by atoms with Gasteiger partial charge in [-0.15, -0.1) is 0 Å². The minimum Gasteiger partial charge on any atom is -0.519 e. The molecule has 1 aliphatic heterocycles. The fourth-order valence-electron chi connectivity index (χ4n) is 1.64. The third kappa shape index (κ3) is 3.65. The van der Waals surface area contributed by atoms with Gasteiger partial charge in [0.25, 0.3) is 0 Å². The molecule has 1 rings (SSSR count). The van der Waals surface area contributed by atoms with Gasteiger partial charge in [-0.2, -0.15) is 6.67 Å². The van der Waals surface area contributed by atoms with E-state index in [0.29, 0.717) is 5.92 Å². The fraction of sp³-hybridized carbons (Fsp3) is 0.636. The molecule has 4 heteroatoms. The van der Waals surface area contributed by atoms with E-state index in [1.165, 1.54) is 0 Å². The van der Waals surface area contributed by atoms with Gasteiger partial charge in [0, 0.05) is 5.57 Å². The van der Waals surface area contributed by atoms with Crippen LogP contribution in [-0.2, 0) is 4.79 Å². The Morgan fingerprint density at radius 3 is 2.13 bits per heavy atom. The zero-order valence-corrected chi connectivity index (χ0v) is 15.5. The van der Waals surface area contributed by atoms with E-state index < -0.39 is 0 Å². The Hall–Kier alpha value is 0.815. The molecule has 1 N–H and O–H groups in total. The van der Waals surface area contributed by atoms with Gasteiger partial charge in [0.1, 0.15) is 0 Å². The molecule has 3 nitrogen and oxygen atoms in total. The van der Waals surface area contributed by atoms with Crippen molar-refractivity contribution in [1.82, 2.24) is 10.2 Å². The van der Waals surface area contributed by atoms with E-state index in [9.17, 15) is 4.79 Å². The molecule has 1 heterocycles. The Labute approximate surface area is 141 Å². The standard InChI is InChI=1S/C11H19N2O.Rb/c1-7(2)9-10(8(3)4)12-6-13(5)11(9)14;/h6-8,12H,1-5H3;/q-1;+1. The molecule has 0 spiro atoms. The number of rotatable bonds is 2. The Morgan fingerprint density at radius 2 is 1.73 bits per heavy atom. The number of nitrogens with one attached hydrogen (secondary N) is 1. The number of hydrogen-bond donors (Lipinski definition) is 1. The van der Waals surface area contributed by atoms with E-state index in [0.717, 1.165) is 11.3 Å². The third-order valence-corrected chi connectivity index (χ3v) is 2.41. The van der Waals surface area contributed by atoms with Crippen LogP contribution in [0.1, 0.15) is 27.7 Å². The first-order valence-electron chi connectivity index (χ1n) is 5.06. The summed E-state index contributed by atoms with van der Waals surface area (Å²) in [4.78, 5) is 13.5. The zero-order valence-electron chi connectivity index (χ0n) is 10.6. The predicted octanol–water partition coefficient (Wildman–Crippen LogP) is -1.26. The Morgan fingerprint density at radius 1 is 1.20 bits per heavy atom. The van der Waals surface area contributed by atoms with Gasteiger partial charge in [-0.1, -0.05) is 27.7 Å². The van der Waals surface area contributed by atoms with Gasteiger partial charge >= 0.3 is 58.2 Å². The number of amides is 1. The maximum absolute atomic E-state index is 11.9. The molecule has 0 aromatic rings. The average molecular weight is 281 g/mol. The Bertz CT molecular complexity index is 272. The predicted molar refractivity (Wildman–Crippen MR) is 56.9 cm³/mol. The molecule has 0 bridgehead atoms. The van der Waals surface area contributed by atoms with E-state index in [4.69, 9.17) is 0 Å². The summed E-state index contributed by atoms with van der Waals surface area (Å²) >= 11 is 0. The molecule has 0 saturated carbocycles. The van der Waals surface area contributed by atoms with Crippen LogP contribution < -0.4 is 63.5 Å². The van der Waals surface area contributed by atoms with Crippen LogP contribution in [0.5, 0.6) is 0 Å². The Kier molecular flexibility index (Phi) is 6.88. The average Bonchev–Trinajstić information content (AvgIpc) is 2.08. The smallest absolute Gasteiger partial charge is 0.519 e. The first kappa shape index (κ1) is 15.8. The summed E-state index contributed by atoms with van der Waals surface area (Å²) in [6.45, 7) is 10.0. The minimum atomic E-state index is 0. The van der Waals surface area contributed by atoms with E-state index in [2.05, 4.69) is 33.0 Å². The van der Waals surface area contributed by atoms with Crippen molar-refractivity contribution >= 4 is 5.91 Å². The number of carbonyl (C=O) groups is 1. The molecule has 0 atom stereocenters. The molecular formula is C11H19N2ORb. The first-order valence-corrected chi connectivity index (χ1v) is 5.06. The van der Waals surface area contributed by atoms with E-state index in [1.54, 1.807) is 18.6 Å². The normalized spacial score (nSPS) is 17.0. The first-order chi connectivity index (χ1) is 6.45. The summed E-state index contributed by atoms with van der Waals surface area (Å²) < 4.78 is 0. The number of allylic oxidation sites excluding steroid dienone is 1. The monoisotopic (exact) mass is 280 g/mol. The van der Waals surface area contributed by atoms with E-state index >= 15 is 0 Å². The molecule has 0 aliphatic carbocycles. The van der Waals surface area contributed by atoms with Gasteiger partial charge < -0.3 is 10.2 Å². The molecule has 0 aromatic carbocycles. The van der Waals surface area contributed by atoms with Crippen LogP contribution in [0, 0.1) is 18.5 Å². The van der Waals surface area contributed by atoms with E-state index in [1.807, 2.05) is 0 Å². The molecule has 0 radical (unpaired) electrons. The summed E-state index contributed by atoms with van der Waals surface area (Å²) in [6.07, 6.45) is 0. The van der Waals surface area contributed by atoms with Gasteiger partial charge in [-0.25, -0.2) is 0 Å². The van der Waals surface area contributed by atoms with E-state index in [-0.39, 0.29) is 70.0 Å². The van der Waals surface area contributed by atoms with Crippen molar-refractivity contribution in [3.05, 3.63) is 17.9 Å². The molecule has 0 aromatic heterocycles. The van der Waals surface area contributed by atoms with Gasteiger partial charge in [0.2, 0.25) is 5.91 Å². The summed E-state index contributed by atoms with van der Waals surface area (Å²) in [5.41, 5.74) is 1.97. The fourth-order valence-corrected chi connectivity index (χ4v) is 1.64. The SMILES string of the molecule is CC(C)C1=C(C(C)C)C(=O)N(C)[CH-]N1.[Rb+]. The topological polar surface area (TPSA) is 32.3 Å².